The van der Waals surface area contributed by atoms with Gasteiger partial charge in [-0.2, -0.15) is 0 Å². The standard InChI is InChI=1S/C11H12BrClFNO3S/c1-6(2)5-15-11(16)8-3-7(12)4-9(10(8)14)19(13,17)18/h3-4,6H,5H2,1-2H3,(H,15,16). The van der Waals surface area contributed by atoms with E-state index in [1.165, 1.54) is 6.07 Å². The molecule has 0 aliphatic heterocycles. The van der Waals surface area contributed by atoms with Gasteiger partial charge in [-0.05, 0) is 18.1 Å². The quantitative estimate of drug-likeness (QED) is 0.827. The lowest BCUT2D eigenvalue weighted by Gasteiger charge is -2.10. The van der Waals surface area contributed by atoms with Crippen molar-refractivity contribution in [3.63, 3.8) is 0 Å². The third-order valence-electron chi connectivity index (χ3n) is 2.18. The van der Waals surface area contributed by atoms with Crippen LogP contribution in [0.1, 0.15) is 24.2 Å². The Balaban J connectivity index is 3.22. The maximum Gasteiger partial charge on any atom is 0.264 e. The fourth-order valence-corrected chi connectivity index (χ4v) is 2.84. The van der Waals surface area contributed by atoms with Gasteiger partial charge in [-0.25, -0.2) is 12.8 Å². The van der Waals surface area contributed by atoms with Crippen LogP contribution in [0.25, 0.3) is 0 Å². The number of amides is 1. The Bertz CT molecular complexity index is 604. The first-order valence-corrected chi connectivity index (χ1v) is 8.45. The highest BCUT2D eigenvalue weighted by atomic mass is 79.9. The van der Waals surface area contributed by atoms with E-state index < -0.39 is 25.7 Å². The molecule has 4 nitrogen and oxygen atoms in total. The minimum Gasteiger partial charge on any atom is -0.352 e. The SMILES string of the molecule is CC(C)CNC(=O)c1cc(Br)cc(S(=O)(=O)Cl)c1F. The summed E-state index contributed by atoms with van der Waals surface area (Å²) in [7, 11) is 0.864. The molecule has 0 aliphatic carbocycles. The summed E-state index contributed by atoms with van der Waals surface area (Å²) in [6.07, 6.45) is 0. The summed E-state index contributed by atoms with van der Waals surface area (Å²) in [6, 6.07) is 2.22. The van der Waals surface area contributed by atoms with Gasteiger partial charge in [-0.15, -0.1) is 0 Å². The number of benzene rings is 1. The highest BCUT2D eigenvalue weighted by molar-refractivity contribution is 9.10. The fraction of sp³-hybridized carbons (Fsp3) is 0.364. The molecule has 19 heavy (non-hydrogen) atoms. The number of nitrogens with one attached hydrogen (secondary N) is 1. The molecule has 106 valence electrons. The number of carbonyl (C=O) groups excluding carboxylic acids is 1. The van der Waals surface area contributed by atoms with Crippen LogP contribution in [-0.2, 0) is 9.05 Å². The van der Waals surface area contributed by atoms with Gasteiger partial charge in [0.25, 0.3) is 15.0 Å². The summed E-state index contributed by atoms with van der Waals surface area (Å²) in [5.74, 6) is -1.65. The van der Waals surface area contributed by atoms with Crippen LogP contribution >= 0.6 is 26.6 Å². The van der Waals surface area contributed by atoms with Crippen molar-refractivity contribution in [3.05, 3.63) is 28.0 Å². The highest BCUT2D eigenvalue weighted by Gasteiger charge is 2.23. The van der Waals surface area contributed by atoms with Gasteiger partial charge < -0.3 is 5.32 Å². The van der Waals surface area contributed by atoms with Gasteiger partial charge in [0, 0.05) is 21.7 Å². The van der Waals surface area contributed by atoms with E-state index in [1.54, 1.807) is 0 Å². The molecule has 0 aromatic heterocycles. The summed E-state index contributed by atoms with van der Waals surface area (Å²) in [5.41, 5.74) is -0.366. The van der Waals surface area contributed by atoms with E-state index in [0.29, 0.717) is 6.54 Å². The zero-order valence-corrected chi connectivity index (χ0v) is 13.4. The van der Waals surface area contributed by atoms with Crippen LogP contribution in [0.2, 0.25) is 0 Å². The number of rotatable bonds is 4. The van der Waals surface area contributed by atoms with Gasteiger partial charge in [-0.1, -0.05) is 29.8 Å². The molecule has 0 bridgehead atoms. The van der Waals surface area contributed by atoms with Crippen molar-refractivity contribution in [1.82, 2.24) is 5.32 Å². The largest absolute Gasteiger partial charge is 0.352 e. The molecular formula is C11H12BrClFNO3S. The Kier molecular flexibility index (Phi) is 5.34. The number of carbonyl (C=O) groups is 1. The first-order valence-electron chi connectivity index (χ1n) is 5.35. The molecule has 1 amide bonds. The molecule has 8 heteroatoms. The van der Waals surface area contributed by atoms with Crippen molar-refractivity contribution < 1.29 is 17.6 Å². The molecule has 0 radical (unpaired) electrons. The summed E-state index contributed by atoms with van der Waals surface area (Å²) >= 11 is 3.02. The molecular weight excluding hydrogens is 361 g/mol. The molecule has 0 spiro atoms. The van der Waals surface area contributed by atoms with E-state index in [-0.39, 0.29) is 16.0 Å². The van der Waals surface area contributed by atoms with Gasteiger partial charge >= 0.3 is 0 Å². The van der Waals surface area contributed by atoms with E-state index in [2.05, 4.69) is 21.2 Å². The Morgan fingerprint density at radius 3 is 2.53 bits per heavy atom. The Morgan fingerprint density at radius 2 is 2.05 bits per heavy atom. The minimum atomic E-state index is -4.26. The smallest absolute Gasteiger partial charge is 0.264 e. The van der Waals surface area contributed by atoms with Crippen molar-refractivity contribution in [3.8, 4) is 0 Å². The average molecular weight is 373 g/mol. The topological polar surface area (TPSA) is 63.2 Å². The number of halogens is 3. The molecule has 0 saturated heterocycles. The van der Waals surface area contributed by atoms with Gasteiger partial charge in [0.2, 0.25) is 0 Å². The van der Waals surface area contributed by atoms with E-state index in [4.69, 9.17) is 10.7 Å². The molecule has 0 aliphatic rings. The summed E-state index contributed by atoms with van der Waals surface area (Å²) in [6.45, 7) is 4.12. The minimum absolute atomic E-state index is 0.190. The first-order chi connectivity index (χ1) is 8.62. The van der Waals surface area contributed by atoms with Gasteiger partial charge in [0.05, 0.1) is 5.56 Å². The number of hydrogen-bond acceptors (Lipinski definition) is 3. The van der Waals surface area contributed by atoms with Gasteiger partial charge in [0.15, 0.2) is 5.82 Å². The van der Waals surface area contributed by atoms with Crippen molar-refractivity contribution >= 4 is 41.6 Å². The molecule has 0 atom stereocenters. The first kappa shape index (κ1) is 16.4. The molecule has 1 rings (SSSR count). The Hall–Kier alpha value is -0.660. The van der Waals surface area contributed by atoms with E-state index in [1.807, 2.05) is 13.8 Å². The van der Waals surface area contributed by atoms with Crippen molar-refractivity contribution in [2.75, 3.05) is 6.54 Å². The van der Waals surface area contributed by atoms with Crippen LogP contribution in [-0.4, -0.2) is 20.9 Å². The Morgan fingerprint density at radius 1 is 1.47 bits per heavy atom. The zero-order chi connectivity index (χ0) is 14.8. The van der Waals surface area contributed by atoms with Crippen LogP contribution in [0, 0.1) is 11.7 Å². The lowest BCUT2D eigenvalue weighted by Crippen LogP contribution is -2.28. The lowest BCUT2D eigenvalue weighted by atomic mass is 10.1. The third-order valence-corrected chi connectivity index (χ3v) is 3.96. The maximum absolute atomic E-state index is 14.0. The third kappa shape index (κ3) is 4.43. The maximum atomic E-state index is 14.0. The second-order valence-corrected chi connectivity index (χ2v) is 7.76. The molecule has 0 unspecified atom stereocenters. The lowest BCUT2D eigenvalue weighted by molar-refractivity contribution is 0.0944. The summed E-state index contributed by atoms with van der Waals surface area (Å²) in [5, 5.41) is 2.51. The predicted molar refractivity (Wildman–Crippen MR) is 74.3 cm³/mol. The van der Waals surface area contributed by atoms with Gasteiger partial charge in [0.1, 0.15) is 4.90 Å². The Labute approximate surface area is 123 Å². The van der Waals surface area contributed by atoms with Crippen LogP contribution in [0.4, 0.5) is 4.39 Å². The van der Waals surface area contributed by atoms with Crippen molar-refractivity contribution in [2.45, 2.75) is 18.7 Å². The zero-order valence-electron chi connectivity index (χ0n) is 10.2. The molecule has 1 N–H and O–H groups in total. The molecule has 0 heterocycles. The van der Waals surface area contributed by atoms with Crippen LogP contribution in [0.15, 0.2) is 21.5 Å². The van der Waals surface area contributed by atoms with E-state index in [0.717, 1.165) is 6.07 Å². The summed E-state index contributed by atoms with van der Waals surface area (Å²) < 4.78 is 36.7. The van der Waals surface area contributed by atoms with Crippen LogP contribution in [0.3, 0.4) is 0 Å². The molecule has 0 saturated carbocycles. The van der Waals surface area contributed by atoms with Crippen molar-refractivity contribution in [1.29, 1.82) is 0 Å². The van der Waals surface area contributed by atoms with Gasteiger partial charge in [-0.3, -0.25) is 4.79 Å². The monoisotopic (exact) mass is 371 g/mol. The normalized spacial score (nSPS) is 11.7. The van der Waals surface area contributed by atoms with Crippen molar-refractivity contribution in [2.24, 2.45) is 5.92 Å². The molecule has 1 aromatic rings. The molecule has 0 fully saturated rings. The van der Waals surface area contributed by atoms with Crippen LogP contribution in [0.5, 0.6) is 0 Å². The average Bonchev–Trinajstić information content (AvgIpc) is 2.27. The molecule has 1 aromatic carbocycles. The second-order valence-electron chi connectivity index (χ2n) is 4.31. The predicted octanol–water partition coefficient (Wildman–Crippen LogP) is 2.90. The van der Waals surface area contributed by atoms with Crippen LogP contribution < -0.4 is 5.32 Å². The fourth-order valence-electron chi connectivity index (χ4n) is 1.30. The van der Waals surface area contributed by atoms with E-state index in [9.17, 15) is 17.6 Å². The highest BCUT2D eigenvalue weighted by Crippen LogP contribution is 2.26. The van der Waals surface area contributed by atoms with E-state index >= 15 is 0 Å². The number of hydrogen-bond donors (Lipinski definition) is 1. The second kappa shape index (κ2) is 6.19. The summed E-state index contributed by atoms with van der Waals surface area (Å²) in [4.78, 5) is 11.1.